The largest absolute Gasteiger partial charge is 0.0609 e. The van der Waals surface area contributed by atoms with E-state index in [1.165, 1.54) is 49.4 Å². The van der Waals surface area contributed by atoms with Gasteiger partial charge in [-0.2, -0.15) is 0 Å². The third-order valence-corrected chi connectivity index (χ3v) is 4.95. The highest BCUT2D eigenvalue weighted by Crippen LogP contribution is 2.50. The van der Waals surface area contributed by atoms with Gasteiger partial charge in [-0.3, -0.25) is 0 Å². The first-order valence-electron chi connectivity index (χ1n) is 6.10. The lowest BCUT2D eigenvalue weighted by molar-refractivity contribution is 0.368. The summed E-state index contributed by atoms with van der Waals surface area (Å²) in [6.45, 7) is 0. The van der Waals surface area contributed by atoms with Crippen molar-refractivity contribution in [3.05, 3.63) is 33.8 Å². The lowest BCUT2D eigenvalue weighted by Gasteiger charge is -2.36. The van der Waals surface area contributed by atoms with Crippen molar-refractivity contribution in [2.75, 3.05) is 0 Å². The standard InChI is InChI=1S/C14H17Br/c15-12-7-3-5-11-6-4-10-14(13(11)12)8-1-2-9-14/h3,5,7H,1-2,4,6,8-10H2. The average Bonchev–Trinajstić information content (AvgIpc) is 2.67. The molecule has 15 heavy (non-hydrogen) atoms. The minimum Gasteiger partial charge on any atom is -0.0609 e. The molecule has 2 aliphatic rings. The van der Waals surface area contributed by atoms with Gasteiger partial charge < -0.3 is 0 Å². The van der Waals surface area contributed by atoms with Crippen LogP contribution in [0.4, 0.5) is 0 Å². The summed E-state index contributed by atoms with van der Waals surface area (Å²) in [4.78, 5) is 0. The van der Waals surface area contributed by atoms with Gasteiger partial charge in [0.2, 0.25) is 0 Å². The molecule has 0 nitrogen and oxygen atoms in total. The van der Waals surface area contributed by atoms with Gasteiger partial charge in [0.15, 0.2) is 0 Å². The zero-order valence-electron chi connectivity index (χ0n) is 9.06. The molecular weight excluding hydrogens is 248 g/mol. The fraction of sp³-hybridized carbons (Fsp3) is 0.571. The fourth-order valence-corrected chi connectivity index (χ4v) is 4.49. The van der Waals surface area contributed by atoms with Gasteiger partial charge in [-0.1, -0.05) is 40.9 Å². The number of hydrogen-bond acceptors (Lipinski definition) is 0. The molecule has 0 amide bonds. The Morgan fingerprint density at radius 1 is 1.00 bits per heavy atom. The van der Waals surface area contributed by atoms with Crippen LogP contribution in [0, 0.1) is 0 Å². The highest BCUT2D eigenvalue weighted by atomic mass is 79.9. The first-order chi connectivity index (χ1) is 7.32. The van der Waals surface area contributed by atoms with Crippen molar-refractivity contribution in [2.24, 2.45) is 0 Å². The summed E-state index contributed by atoms with van der Waals surface area (Å²) in [5.74, 6) is 0. The Labute approximate surface area is 100 Å². The molecule has 0 aromatic heterocycles. The Kier molecular flexibility index (Phi) is 2.39. The fourth-order valence-electron chi connectivity index (χ4n) is 3.67. The molecule has 1 spiro atoms. The molecule has 0 unspecified atom stereocenters. The molecule has 0 heterocycles. The molecule has 0 aliphatic heterocycles. The van der Waals surface area contributed by atoms with Gasteiger partial charge in [-0.15, -0.1) is 0 Å². The predicted molar refractivity (Wildman–Crippen MR) is 67.2 cm³/mol. The van der Waals surface area contributed by atoms with E-state index < -0.39 is 0 Å². The van der Waals surface area contributed by atoms with E-state index in [0.717, 1.165) is 0 Å². The summed E-state index contributed by atoms with van der Waals surface area (Å²) in [5, 5.41) is 0. The van der Waals surface area contributed by atoms with Gasteiger partial charge in [0.25, 0.3) is 0 Å². The van der Waals surface area contributed by atoms with Gasteiger partial charge in [0.05, 0.1) is 0 Å². The molecule has 0 radical (unpaired) electrons. The van der Waals surface area contributed by atoms with Crippen molar-refractivity contribution in [1.29, 1.82) is 0 Å². The average molecular weight is 265 g/mol. The van der Waals surface area contributed by atoms with E-state index in [2.05, 4.69) is 34.1 Å². The van der Waals surface area contributed by atoms with Crippen LogP contribution in [0.2, 0.25) is 0 Å². The maximum absolute atomic E-state index is 3.77. The second kappa shape index (κ2) is 3.62. The third kappa shape index (κ3) is 1.47. The molecule has 1 heteroatoms. The molecule has 0 atom stereocenters. The van der Waals surface area contributed by atoms with Gasteiger partial charge in [0, 0.05) is 4.47 Å². The summed E-state index contributed by atoms with van der Waals surface area (Å²) >= 11 is 3.77. The van der Waals surface area contributed by atoms with Crippen LogP contribution < -0.4 is 0 Å². The Balaban J connectivity index is 2.16. The lowest BCUT2D eigenvalue weighted by Crippen LogP contribution is -2.28. The van der Waals surface area contributed by atoms with Crippen molar-refractivity contribution in [1.82, 2.24) is 0 Å². The SMILES string of the molecule is Brc1cccc2c1C1(CCCC1)CCC2. The normalized spacial score (nSPS) is 23.0. The summed E-state index contributed by atoms with van der Waals surface area (Å²) in [6.07, 6.45) is 9.80. The second-order valence-electron chi connectivity index (χ2n) is 5.11. The maximum Gasteiger partial charge on any atom is 0.0215 e. The number of fused-ring (bicyclic) bond motifs is 2. The van der Waals surface area contributed by atoms with Gasteiger partial charge in [-0.25, -0.2) is 0 Å². The minimum absolute atomic E-state index is 0.549. The third-order valence-electron chi connectivity index (χ3n) is 4.29. The minimum atomic E-state index is 0.549. The summed E-state index contributed by atoms with van der Waals surface area (Å²) in [6, 6.07) is 6.75. The number of rotatable bonds is 0. The zero-order valence-corrected chi connectivity index (χ0v) is 10.6. The molecule has 0 N–H and O–H groups in total. The first kappa shape index (κ1) is 9.89. The van der Waals surface area contributed by atoms with Crippen LogP contribution in [0.15, 0.2) is 22.7 Å². The second-order valence-corrected chi connectivity index (χ2v) is 5.97. The van der Waals surface area contributed by atoms with Gasteiger partial charge in [0.1, 0.15) is 0 Å². The van der Waals surface area contributed by atoms with Crippen LogP contribution in [0.3, 0.4) is 0 Å². The van der Waals surface area contributed by atoms with Crippen molar-refractivity contribution < 1.29 is 0 Å². The molecule has 1 aromatic rings. The van der Waals surface area contributed by atoms with E-state index in [9.17, 15) is 0 Å². The molecule has 0 saturated heterocycles. The molecule has 0 bridgehead atoms. The molecule has 2 aliphatic carbocycles. The maximum atomic E-state index is 3.77. The van der Waals surface area contributed by atoms with Crippen molar-refractivity contribution in [2.45, 2.75) is 50.4 Å². The molecule has 80 valence electrons. The summed E-state index contributed by atoms with van der Waals surface area (Å²) in [7, 11) is 0. The molecule has 3 rings (SSSR count). The lowest BCUT2D eigenvalue weighted by atomic mass is 9.69. The molecule has 1 aromatic carbocycles. The van der Waals surface area contributed by atoms with E-state index in [-0.39, 0.29) is 0 Å². The monoisotopic (exact) mass is 264 g/mol. The topological polar surface area (TPSA) is 0 Å². The molecular formula is C14H17Br. The highest BCUT2D eigenvalue weighted by molar-refractivity contribution is 9.10. The smallest absolute Gasteiger partial charge is 0.0215 e. The van der Waals surface area contributed by atoms with Crippen molar-refractivity contribution in [3.8, 4) is 0 Å². The number of hydrogen-bond donors (Lipinski definition) is 0. The van der Waals surface area contributed by atoms with Gasteiger partial charge >= 0.3 is 0 Å². The van der Waals surface area contributed by atoms with Crippen molar-refractivity contribution in [3.63, 3.8) is 0 Å². The van der Waals surface area contributed by atoms with E-state index in [0.29, 0.717) is 5.41 Å². The van der Waals surface area contributed by atoms with Crippen LogP contribution in [-0.4, -0.2) is 0 Å². The van der Waals surface area contributed by atoms with E-state index in [1.54, 1.807) is 11.1 Å². The number of halogens is 1. The first-order valence-corrected chi connectivity index (χ1v) is 6.89. The Morgan fingerprint density at radius 2 is 1.73 bits per heavy atom. The van der Waals surface area contributed by atoms with E-state index >= 15 is 0 Å². The van der Waals surface area contributed by atoms with Crippen LogP contribution in [-0.2, 0) is 11.8 Å². The van der Waals surface area contributed by atoms with Crippen LogP contribution in [0.25, 0.3) is 0 Å². The van der Waals surface area contributed by atoms with Crippen LogP contribution in [0.5, 0.6) is 0 Å². The van der Waals surface area contributed by atoms with Crippen LogP contribution in [0.1, 0.15) is 49.7 Å². The zero-order chi connectivity index (χ0) is 10.3. The number of benzene rings is 1. The molecule has 1 fully saturated rings. The van der Waals surface area contributed by atoms with Gasteiger partial charge in [-0.05, 0) is 54.7 Å². The molecule has 1 saturated carbocycles. The number of aryl methyl sites for hydroxylation is 1. The quantitative estimate of drug-likeness (QED) is 0.643. The van der Waals surface area contributed by atoms with E-state index in [1.807, 2.05) is 0 Å². The summed E-state index contributed by atoms with van der Waals surface area (Å²) < 4.78 is 1.36. The Hall–Kier alpha value is -0.300. The Morgan fingerprint density at radius 3 is 2.53 bits per heavy atom. The Bertz CT molecular complexity index is 375. The van der Waals surface area contributed by atoms with Crippen molar-refractivity contribution >= 4 is 15.9 Å². The summed E-state index contributed by atoms with van der Waals surface area (Å²) in [5.41, 5.74) is 3.82. The van der Waals surface area contributed by atoms with Crippen LogP contribution >= 0.6 is 15.9 Å². The van der Waals surface area contributed by atoms with E-state index in [4.69, 9.17) is 0 Å². The predicted octanol–water partition coefficient (Wildman–Crippen LogP) is 4.60. The highest BCUT2D eigenvalue weighted by Gasteiger charge is 2.39.